The molecule has 8 nitrogen and oxygen atoms in total. The van der Waals surface area contributed by atoms with Gasteiger partial charge in [-0.2, -0.15) is 15.0 Å². The number of alkyl halides is 1. The van der Waals surface area contributed by atoms with Crippen LogP contribution in [0.4, 0.5) is 23.5 Å². The highest BCUT2D eigenvalue weighted by Crippen LogP contribution is 2.31. The number of carbonyl (C=O) groups is 1. The Balaban J connectivity index is 1.12. The lowest BCUT2D eigenvalue weighted by Gasteiger charge is -2.28. The van der Waals surface area contributed by atoms with Gasteiger partial charge in [0.05, 0.1) is 0 Å². The lowest BCUT2D eigenvalue weighted by atomic mass is 9.81. The fourth-order valence-corrected chi connectivity index (χ4v) is 6.88. The zero-order valence-corrected chi connectivity index (χ0v) is 31.6. The Bertz CT molecular complexity index is 1620. The average Bonchev–Trinajstić information content (AvgIpc) is 3.11. The Labute approximate surface area is 306 Å². The first kappa shape index (κ1) is 36.5. The molecule has 49 heavy (non-hydrogen) atoms. The number of carbonyl (C=O) groups excluding carboxylic acids is 1. The number of nitrogens with zero attached hydrogens (tertiary/aromatic N) is 3. The maximum absolute atomic E-state index is 13.2. The topological polar surface area (TPSA) is 104 Å². The molecule has 4 N–H and O–H groups in total. The van der Waals surface area contributed by atoms with Gasteiger partial charge in [0.15, 0.2) is 0 Å². The molecule has 1 heterocycles. The predicted molar refractivity (Wildman–Crippen MR) is 212 cm³/mol. The molecule has 1 amide bonds. The van der Waals surface area contributed by atoms with E-state index < -0.39 is 0 Å². The molecular weight excluding hydrogens is 721 g/mol. The molecule has 0 radical (unpaired) electrons. The number of amides is 1. The normalized spacial score (nSPS) is 17.2. The maximum atomic E-state index is 13.2. The summed E-state index contributed by atoms with van der Waals surface area (Å²) in [6.07, 6.45) is 7.44. The quantitative estimate of drug-likeness (QED) is 0.0665. The van der Waals surface area contributed by atoms with E-state index in [2.05, 4.69) is 131 Å². The van der Waals surface area contributed by atoms with Crippen molar-refractivity contribution in [3.05, 3.63) is 101 Å². The second-order valence-corrected chi connectivity index (χ2v) is 15.8. The maximum Gasteiger partial charge on any atom is 0.229 e. The number of hydrogen-bond acceptors (Lipinski definition) is 7. The van der Waals surface area contributed by atoms with Crippen molar-refractivity contribution in [1.82, 2.24) is 15.0 Å². The second-order valence-electron chi connectivity index (χ2n) is 13.7. The third-order valence-corrected chi connectivity index (χ3v) is 10.5. The van der Waals surface area contributed by atoms with Crippen LogP contribution < -0.4 is 21.3 Å². The second kappa shape index (κ2) is 18.3. The van der Waals surface area contributed by atoms with Gasteiger partial charge in [-0.3, -0.25) is 4.79 Å². The Kier molecular flexibility index (Phi) is 13.7. The van der Waals surface area contributed by atoms with Gasteiger partial charge in [0.1, 0.15) is 0 Å². The van der Waals surface area contributed by atoms with Crippen molar-refractivity contribution in [3.8, 4) is 0 Å². The highest BCUT2D eigenvalue weighted by atomic mass is 127. The van der Waals surface area contributed by atoms with E-state index in [0.717, 1.165) is 47.4 Å². The lowest BCUT2D eigenvalue weighted by Crippen LogP contribution is -2.29. The SMILES string of the molecule is Cc1cccc(CNc2nc(NCc3ccccc3)nc(NCC3CCC(C(=O)Nc4ccc([C@H](C)CCC[C@H](C)I)cc4)CC3)n2)c1C. The first-order valence-electron chi connectivity index (χ1n) is 17.8. The molecule has 260 valence electrons. The number of hydrogen-bond donors (Lipinski definition) is 4. The van der Waals surface area contributed by atoms with Crippen LogP contribution in [0.15, 0.2) is 72.8 Å². The molecule has 1 aliphatic rings. The van der Waals surface area contributed by atoms with Crippen LogP contribution in [-0.4, -0.2) is 31.3 Å². The van der Waals surface area contributed by atoms with Gasteiger partial charge in [-0.15, -0.1) is 0 Å². The summed E-state index contributed by atoms with van der Waals surface area (Å²) in [7, 11) is 0. The number of rotatable bonds is 16. The van der Waals surface area contributed by atoms with Crippen molar-refractivity contribution in [3.63, 3.8) is 0 Å². The summed E-state index contributed by atoms with van der Waals surface area (Å²) in [5.74, 6) is 2.76. The molecule has 0 saturated heterocycles. The van der Waals surface area contributed by atoms with E-state index in [4.69, 9.17) is 9.97 Å². The highest BCUT2D eigenvalue weighted by molar-refractivity contribution is 14.1. The lowest BCUT2D eigenvalue weighted by molar-refractivity contribution is -0.121. The summed E-state index contributed by atoms with van der Waals surface area (Å²) in [6, 6.07) is 25.0. The van der Waals surface area contributed by atoms with E-state index in [0.29, 0.717) is 42.8 Å². The van der Waals surface area contributed by atoms with Gasteiger partial charge in [-0.1, -0.05) is 104 Å². The molecule has 4 aromatic rings. The largest absolute Gasteiger partial charge is 0.354 e. The number of anilines is 4. The van der Waals surface area contributed by atoms with E-state index in [9.17, 15) is 4.79 Å². The third kappa shape index (κ3) is 11.4. The van der Waals surface area contributed by atoms with Crippen LogP contribution >= 0.6 is 22.6 Å². The van der Waals surface area contributed by atoms with Crippen molar-refractivity contribution in [2.24, 2.45) is 11.8 Å². The van der Waals surface area contributed by atoms with Crippen molar-refractivity contribution in [2.75, 3.05) is 27.8 Å². The predicted octanol–water partition coefficient (Wildman–Crippen LogP) is 9.67. The van der Waals surface area contributed by atoms with Crippen LogP contribution in [-0.2, 0) is 17.9 Å². The van der Waals surface area contributed by atoms with Gasteiger partial charge in [0.25, 0.3) is 0 Å². The van der Waals surface area contributed by atoms with Gasteiger partial charge in [-0.25, -0.2) is 0 Å². The third-order valence-electron chi connectivity index (χ3n) is 9.84. The van der Waals surface area contributed by atoms with Gasteiger partial charge in [0, 0.05) is 35.2 Å². The summed E-state index contributed by atoms with van der Waals surface area (Å²) in [6.45, 7) is 10.8. The molecule has 0 unspecified atom stereocenters. The number of aryl methyl sites for hydroxylation is 1. The summed E-state index contributed by atoms with van der Waals surface area (Å²) in [5.41, 5.74) is 7.13. The van der Waals surface area contributed by atoms with Crippen LogP contribution in [0.25, 0.3) is 0 Å². The molecule has 3 aromatic carbocycles. The van der Waals surface area contributed by atoms with Crippen LogP contribution in [0.3, 0.4) is 0 Å². The number of aromatic nitrogens is 3. The van der Waals surface area contributed by atoms with Crippen molar-refractivity contribution >= 4 is 52.0 Å². The highest BCUT2D eigenvalue weighted by Gasteiger charge is 2.26. The van der Waals surface area contributed by atoms with Crippen molar-refractivity contribution in [1.29, 1.82) is 0 Å². The fraction of sp³-hybridized carbons (Fsp3) is 0.450. The molecular formula is C40H52IN7O. The van der Waals surface area contributed by atoms with E-state index in [1.807, 2.05) is 18.2 Å². The molecule has 0 spiro atoms. The molecule has 1 saturated carbocycles. The summed E-state index contributed by atoms with van der Waals surface area (Å²) < 4.78 is 0.723. The summed E-state index contributed by atoms with van der Waals surface area (Å²) in [5, 5.41) is 13.5. The molecule has 5 rings (SSSR count). The minimum atomic E-state index is 0.0389. The Morgan fingerprint density at radius 3 is 2.10 bits per heavy atom. The summed E-state index contributed by atoms with van der Waals surface area (Å²) >= 11 is 2.50. The molecule has 9 heteroatoms. The summed E-state index contributed by atoms with van der Waals surface area (Å²) in [4.78, 5) is 27.2. The molecule has 1 aromatic heterocycles. The van der Waals surface area contributed by atoms with Crippen LogP contribution in [0.2, 0.25) is 0 Å². The number of benzene rings is 3. The van der Waals surface area contributed by atoms with Crippen LogP contribution in [0.1, 0.15) is 92.5 Å². The zero-order valence-electron chi connectivity index (χ0n) is 29.4. The smallest absolute Gasteiger partial charge is 0.229 e. The van der Waals surface area contributed by atoms with E-state index >= 15 is 0 Å². The molecule has 2 atom stereocenters. The minimum absolute atomic E-state index is 0.0389. The van der Waals surface area contributed by atoms with Crippen molar-refractivity contribution < 1.29 is 4.79 Å². The number of halogens is 1. The van der Waals surface area contributed by atoms with Gasteiger partial charge < -0.3 is 21.3 Å². The minimum Gasteiger partial charge on any atom is -0.354 e. The Morgan fingerprint density at radius 1 is 0.776 bits per heavy atom. The first-order valence-corrected chi connectivity index (χ1v) is 19.1. The van der Waals surface area contributed by atoms with E-state index in [1.165, 1.54) is 41.5 Å². The van der Waals surface area contributed by atoms with Gasteiger partial charge in [-0.05, 0) is 104 Å². The molecule has 1 aliphatic carbocycles. The fourth-order valence-electron chi connectivity index (χ4n) is 6.44. The van der Waals surface area contributed by atoms with Gasteiger partial charge >= 0.3 is 0 Å². The van der Waals surface area contributed by atoms with E-state index in [-0.39, 0.29) is 11.8 Å². The van der Waals surface area contributed by atoms with Gasteiger partial charge in [0.2, 0.25) is 23.8 Å². The van der Waals surface area contributed by atoms with Crippen molar-refractivity contribution in [2.45, 2.75) is 95.6 Å². The van der Waals surface area contributed by atoms with E-state index in [1.54, 1.807) is 0 Å². The molecule has 0 bridgehead atoms. The monoisotopic (exact) mass is 773 g/mol. The Hall–Kier alpha value is -3.73. The number of nitrogens with one attached hydrogen (secondary N) is 4. The van der Waals surface area contributed by atoms with Crippen LogP contribution in [0, 0.1) is 25.7 Å². The first-order chi connectivity index (χ1) is 23.7. The Morgan fingerprint density at radius 2 is 1.43 bits per heavy atom. The molecule has 0 aliphatic heterocycles. The average molecular weight is 774 g/mol. The zero-order chi connectivity index (χ0) is 34.6. The molecule has 1 fully saturated rings. The van der Waals surface area contributed by atoms with Crippen LogP contribution in [0.5, 0.6) is 0 Å². The standard InChI is InChI=1S/C40H52IN7O/c1-27-10-9-15-35(30(27)4)26-44-40-47-38(42-24-31-13-6-5-7-14-31)46-39(48-40)43-25-32-16-18-34(19-17-32)37(49)45-36-22-20-33(21-23-36)28(2)11-8-12-29(3)41/h5-7,9-10,13-15,20-23,28-29,32,34H,8,11-12,16-19,24-26H2,1-4H3,(H,45,49)(H3,42,43,44,46,47,48)/t28-,29+,32?,34?/m1/s1.